The van der Waals surface area contributed by atoms with E-state index in [1.54, 1.807) is 6.07 Å². The molecule has 0 aromatic heterocycles. The van der Waals surface area contributed by atoms with E-state index in [0.717, 1.165) is 37.7 Å². The monoisotopic (exact) mass is 255 g/mol. The first kappa shape index (κ1) is 12.5. The van der Waals surface area contributed by atoms with Crippen molar-refractivity contribution in [2.24, 2.45) is 0 Å². The molecule has 4 heteroatoms. The number of carbonyl (C=O) groups excluding carboxylic acids is 1. The van der Waals surface area contributed by atoms with Crippen molar-refractivity contribution in [1.82, 2.24) is 4.90 Å². The summed E-state index contributed by atoms with van der Waals surface area (Å²) in [5.41, 5.74) is 0.750. The lowest BCUT2D eigenvalue weighted by Crippen LogP contribution is -2.39. The fourth-order valence-corrected chi connectivity index (χ4v) is 2.44. The van der Waals surface area contributed by atoms with Crippen LogP contribution in [0.15, 0.2) is 18.2 Å². The molecule has 1 aromatic carbocycles. The normalized spacial score (nSPS) is 21.4. The van der Waals surface area contributed by atoms with Gasteiger partial charge < -0.3 is 4.79 Å². The number of halogens is 2. The summed E-state index contributed by atoms with van der Waals surface area (Å²) >= 11 is 5.91. The Labute approximate surface area is 105 Å². The second-order valence-corrected chi connectivity index (χ2v) is 4.76. The van der Waals surface area contributed by atoms with Crippen molar-refractivity contribution in [3.05, 3.63) is 34.6 Å². The molecule has 0 spiro atoms. The molecule has 1 fully saturated rings. The van der Waals surface area contributed by atoms with Gasteiger partial charge in [0.25, 0.3) is 0 Å². The zero-order valence-electron chi connectivity index (χ0n) is 9.53. The highest BCUT2D eigenvalue weighted by atomic mass is 35.5. The van der Waals surface area contributed by atoms with Crippen LogP contribution in [0.4, 0.5) is 4.39 Å². The lowest BCUT2D eigenvalue weighted by Gasteiger charge is -2.32. The molecule has 0 N–H and O–H groups in total. The second kappa shape index (κ2) is 5.61. The van der Waals surface area contributed by atoms with Crippen LogP contribution in [0, 0.1) is 5.82 Å². The Kier molecular flexibility index (Phi) is 4.13. The molecule has 0 aliphatic carbocycles. The number of nitrogens with zero attached hydrogens (tertiary/aromatic N) is 1. The Morgan fingerprint density at radius 1 is 1.47 bits per heavy atom. The van der Waals surface area contributed by atoms with E-state index in [1.807, 2.05) is 6.07 Å². The first-order valence-electron chi connectivity index (χ1n) is 5.84. The van der Waals surface area contributed by atoms with Gasteiger partial charge in [-0.05, 0) is 31.0 Å². The third-order valence-electron chi connectivity index (χ3n) is 3.23. The van der Waals surface area contributed by atoms with E-state index in [4.69, 9.17) is 11.6 Å². The van der Waals surface area contributed by atoms with Crippen LogP contribution < -0.4 is 0 Å². The van der Waals surface area contributed by atoms with E-state index in [1.165, 1.54) is 6.07 Å². The van der Waals surface area contributed by atoms with Crippen molar-refractivity contribution in [1.29, 1.82) is 0 Å². The number of piperidine rings is 1. The molecule has 92 valence electrons. The summed E-state index contributed by atoms with van der Waals surface area (Å²) in [5, 5.41) is 0.169. The molecule has 0 radical (unpaired) electrons. The molecule has 0 saturated carbocycles. The molecule has 1 saturated heterocycles. The lowest BCUT2D eigenvalue weighted by atomic mass is 10.0. The predicted molar refractivity (Wildman–Crippen MR) is 65.5 cm³/mol. The number of likely N-dealkylation sites (tertiary alicyclic amines) is 1. The van der Waals surface area contributed by atoms with E-state index < -0.39 is 5.82 Å². The fraction of sp³-hybridized carbons (Fsp3) is 0.462. The van der Waals surface area contributed by atoms with Gasteiger partial charge >= 0.3 is 0 Å². The largest absolute Gasteiger partial charge is 0.302 e. The van der Waals surface area contributed by atoms with Gasteiger partial charge in [-0.15, -0.1) is 0 Å². The quantitative estimate of drug-likeness (QED) is 0.774. The van der Waals surface area contributed by atoms with Gasteiger partial charge in [0, 0.05) is 6.54 Å². The summed E-state index contributed by atoms with van der Waals surface area (Å²) in [6.07, 6.45) is 4.02. The van der Waals surface area contributed by atoms with Gasteiger partial charge in [-0.3, -0.25) is 4.90 Å². The first-order valence-corrected chi connectivity index (χ1v) is 6.22. The number of hydrogen-bond donors (Lipinski definition) is 0. The van der Waals surface area contributed by atoms with E-state index in [0.29, 0.717) is 6.54 Å². The Hall–Kier alpha value is -0.930. The summed E-state index contributed by atoms with van der Waals surface area (Å²) in [7, 11) is 0. The maximum atomic E-state index is 13.3. The van der Waals surface area contributed by atoms with Gasteiger partial charge in [0.2, 0.25) is 0 Å². The van der Waals surface area contributed by atoms with Crippen LogP contribution >= 0.6 is 11.6 Å². The van der Waals surface area contributed by atoms with Gasteiger partial charge in [-0.2, -0.15) is 0 Å². The Bertz CT molecular complexity index is 410. The molecule has 0 amide bonds. The average Bonchev–Trinajstić information content (AvgIpc) is 2.35. The van der Waals surface area contributed by atoms with Gasteiger partial charge in [0.15, 0.2) is 0 Å². The maximum absolute atomic E-state index is 13.3. The lowest BCUT2D eigenvalue weighted by molar-refractivity contribution is -0.113. The average molecular weight is 256 g/mol. The van der Waals surface area contributed by atoms with Crippen molar-refractivity contribution in [3.8, 4) is 0 Å². The Balaban J connectivity index is 2.13. The van der Waals surface area contributed by atoms with Crippen molar-refractivity contribution in [2.45, 2.75) is 31.8 Å². The van der Waals surface area contributed by atoms with Crippen LogP contribution in [0.1, 0.15) is 24.8 Å². The van der Waals surface area contributed by atoms with E-state index in [-0.39, 0.29) is 11.1 Å². The topological polar surface area (TPSA) is 20.3 Å². The maximum Gasteiger partial charge on any atom is 0.142 e. The smallest absolute Gasteiger partial charge is 0.142 e. The molecular weight excluding hydrogens is 241 g/mol. The van der Waals surface area contributed by atoms with Crippen LogP contribution in [-0.2, 0) is 11.3 Å². The minimum Gasteiger partial charge on any atom is -0.302 e. The summed E-state index contributed by atoms with van der Waals surface area (Å²) in [6.45, 7) is 1.41. The molecule has 1 aromatic rings. The van der Waals surface area contributed by atoms with E-state index in [9.17, 15) is 9.18 Å². The standard InChI is InChI=1S/C13H15ClFNO/c14-13-10(4-3-6-12(13)15)8-16-7-2-1-5-11(16)9-17/h3-4,6,9,11H,1-2,5,7-8H2. The Morgan fingerprint density at radius 3 is 3.06 bits per heavy atom. The number of benzene rings is 1. The van der Waals surface area contributed by atoms with Crippen LogP contribution in [0.5, 0.6) is 0 Å². The highest BCUT2D eigenvalue weighted by molar-refractivity contribution is 6.31. The summed E-state index contributed by atoms with van der Waals surface area (Å²) in [4.78, 5) is 13.0. The molecule has 1 unspecified atom stereocenters. The molecule has 1 heterocycles. The van der Waals surface area contributed by atoms with Crippen molar-refractivity contribution < 1.29 is 9.18 Å². The van der Waals surface area contributed by atoms with E-state index >= 15 is 0 Å². The zero-order valence-corrected chi connectivity index (χ0v) is 10.3. The second-order valence-electron chi connectivity index (χ2n) is 4.38. The number of carbonyl (C=O) groups is 1. The van der Waals surface area contributed by atoms with Crippen LogP contribution in [0.3, 0.4) is 0 Å². The van der Waals surface area contributed by atoms with Gasteiger partial charge in [-0.25, -0.2) is 4.39 Å². The van der Waals surface area contributed by atoms with Crippen molar-refractivity contribution >= 4 is 17.9 Å². The van der Waals surface area contributed by atoms with E-state index in [2.05, 4.69) is 4.90 Å². The van der Waals surface area contributed by atoms with Gasteiger partial charge in [-0.1, -0.05) is 30.2 Å². The van der Waals surface area contributed by atoms with Crippen molar-refractivity contribution in [2.75, 3.05) is 6.54 Å². The van der Waals surface area contributed by atoms with Crippen molar-refractivity contribution in [3.63, 3.8) is 0 Å². The summed E-state index contributed by atoms with van der Waals surface area (Å²) < 4.78 is 13.3. The minimum absolute atomic E-state index is 0.0527. The molecule has 1 atom stereocenters. The van der Waals surface area contributed by atoms with Crippen LogP contribution in [0.25, 0.3) is 0 Å². The highest BCUT2D eigenvalue weighted by Crippen LogP contribution is 2.24. The summed E-state index contributed by atoms with van der Waals surface area (Å²) in [6, 6.07) is 4.75. The number of hydrogen-bond acceptors (Lipinski definition) is 2. The third-order valence-corrected chi connectivity index (χ3v) is 3.65. The Morgan fingerprint density at radius 2 is 2.29 bits per heavy atom. The summed E-state index contributed by atoms with van der Waals surface area (Å²) in [5.74, 6) is -0.399. The number of rotatable bonds is 3. The zero-order chi connectivity index (χ0) is 12.3. The van der Waals surface area contributed by atoms with Gasteiger partial charge in [0.05, 0.1) is 11.1 Å². The molecule has 2 nitrogen and oxygen atoms in total. The SMILES string of the molecule is O=CC1CCCCN1Cc1cccc(F)c1Cl. The first-order chi connectivity index (χ1) is 8.22. The van der Waals surface area contributed by atoms with Crippen LogP contribution in [0.2, 0.25) is 5.02 Å². The number of aldehydes is 1. The van der Waals surface area contributed by atoms with Crippen LogP contribution in [-0.4, -0.2) is 23.8 Å². The molecule has 1 aliphatic heterocycles. The highest BCUT2D eigenvalue weighted by Gasteiger charge is 2.22. The molecular formula is C13H15ClFNO. The van der Waals surface area contributed by atoms with Gasteiger partial charge in [0.1, 0.15) is 12.1 Å². The minimum atomic E-state index is -0.399. The third kappa shape index (κ3) is 2.85. The molecule has 2 rings (SSSR count). The molecule has 17 heavy (non-hydrogen) atoms. The predicted octanol–water partition coefficient (Wildman–Crippen LogP) is 3.03. The molecule has 1 aliphatic rings. The fourth-order valence-electron chi connectivity index (χ4n) is 2.26. The molecule has 0 bridgehead atoms.